The lowest BCUT2D eigenvalue weighted by Gasteiger charge is -2.41. The van der Waals surface area contributed by atoms with Crippen molar-refractivity contribution in [3.63, 3.8) is 0 Å². The van der Waals surface area contributed by atoms with Crippen molar-refractivity contribution in [3.8, 4) is 5.75 Å². The van der Waals surface area contributed by atoms with Crippen LogP contribution in [-0.4, -0.2) is 62.3 Å². The molecule has 1 aromatic carbocycles. The van der Waals surface area contributed by atoms with Gasteiger partial charge < -0.3 is 10.1 Å². The molecule has 2 heterocycles. The van der Waals surface area contributed by atoms with Crippen LogP contribution in [-0.2, 0) is 14.8 Å². The molecule has 0 aliphatic carbocycles. The van der Waals surface area contributed by atoms with E-state index in [1.165, 1.54) is 29.6 Å². The van der Waals surface area contributed by atoms with Crippen molar-refractivity contribution < 1.29 is 22.7 Å². The maximum Gasteiger partial charge on any atom is 0.324 e. The van der Waals surface area contributed by atoms with Gasteiger partial charge in [0.1, 0.15) is 10.6 Å². The number of sulfonamides is 1. The minimum Gasteiger partial charge on any atom is -0.495 e. The second-order valence-electron chi connectivity index (χ2n) is 5.19. The van der Waals surface area contributed by atoms with E-state index in [9.17, 15) is 18.0 Å². The van der Waals surface area contributed by atoms with Crippen molar-refractivity contribution in [1.82, 2.24) is 14.5 Å². The number of benzene rings is 1. The molecule has 2 fully saturated rings. The van der Waals surface area contributed by atoms with Gasteiger partial charge in [0, 0.05) is 18.1 Å². The number of halogens is 1. The molecule has 0 aromatic heterocycles. The van der Waals surface area contributed by atoms with Gasteiger partial charge in [-0.05, 0) is 18.2 Å². The zero-order chi connectivity index (χ0) is 16.8. The van der Waals surface area contributed by atoms with E-state index in [-0.39, 0.29) is 41.2 Å². The summed E-state index contributed by atoms with van der Waals surface area (Å²) in [5, 5.41) is 2.69. The number of amides is 3. The molecule has 0 saturated carbocycles. The molecular formula is C13H14ClN3O5S. The average molecular weight is 360 g/mol. The number of urea groups is 1. The zero-order valence-electron chi connectivity index (χ0n) is 12.2. The highest BCUT2D eigenvalue weighted by molar-refractivity contribution is 7.89. The van der Waals surface area contributed by atoms with E-state index in [0.29, 0.717) is 0 Å². The lowest BCUT2D eigenvalue weighted by atomic mass is 10.1. The van der Waals surface area contributed by atoms with E-state index in [4.69, 9.17) is 16.3 Å². The first-order valence-corrected chi connectivity index (χ1v) is 8.60. The Balaban J connectivity index is 1.80. The summed E-state index contributed by atoms with van der Waals surface area (Å²) in [6.45, 7) is 0.0541. The molecule has 0 spiro atoms. The summed E-state index contributed by atoms with van der Waals surface area (Å²) in [5.41, 5.74) is 0. The molecule has 8 nitrogen and oxygen atoms in total. The number of carbonyl (C=O) groups is 2. The molecule has 2 aliphatic heterocycles. The van der Waals surface area contributed by atoms with Gasteiger partial charge in [-0.2, -0.15) is 4.31 Å². The van der Waals surface area contributed by atoms with Gasteiger partial charge in [-0.15, -0.1) is 0 Å². The highest BCUT2D eigenvalue weighted by Crippen LogP contribution is 2.32. The van der Waals surface area contributed by atoms with Crippen LogP contribution in [0.3, 0.4) is 0 Å². The number of nitrogens with zero attached hydrogens (tertiary/aromatic N) is 2. The molecule has 1 aromatic rings. The number of rotatable bonds is 4. The van der Waals surface area contributed by atoms with Crippen molar-refractivity contribution in [2.45, 2.75) is 10.9 Å². The predicted molar refractivity (Wildman–Crippen MR) is 80.8 cm³/mol. The van der Waals surface area contributed by atoms with Gasteiger partial charge in [0.25, 0.3) is 0 Å². The lowest BCUT2D eigenvalue weighted by molar-refractivity contribution is -0.128. The minimum atomic E-state index is -3.81. The maximum atomic E-state index is 12.7. The maximum absolute atomic E-state index is 12.7. The minimum absolute atomic E-state index is 0.0387. The monoisotopic (exact) mass is 359 g/mol. The molecule has 0 atom stereocenters. The predicted octanol–water partition coefficient (Wildman–Crippen LogP) is 0.273. The Bertz CT molecular complexity index is 760. The summed E-state index contributed by atoms with van der Waals surface area (Å²) in [6.07, 6.45) is 0. The van der Waals surface area contributed by atoms with Crippen LogP contribution in [0.1, 0.15) is 0 Å². The van der Waals surface area contributed by atoms with Crippen molar-refractivity contribution in [3.05, 3.63) is 23.2 Å². The van der Waals surface area contributed by atoms with Crippen LogP contribution in [0.15, 0.2) is 23.1 Å². The number of hydrogen-bond donors (Lipinski definition) is 1. The molecule has 10 heteroatoms. The number of methoxy groups -OCH3 is 1. The largest absolute Gasteiger partial charge is 0.495 e. The Morgan fingerprint density at radius 2 is 2.00 bits per heavy atom. The van der Waals surface area contributed by atoms with Crippen LogP contribution < -0.4 is 10.1 Å². The zero-order valence-corrected chi connectivity index (χ0v) is 13.7. The van der Waals surface area contributed by atoms with Crippen LogP contribution in [0.2, 0.25) is 5.02 Å². The van der Waals surface area contributed by atoms with Crippen molar-refractivity contribution in [1.29, 1.82) is 0 Å². The first-order chi connectivity index (χ1) is 10.8. The van der Waals surface area contributed by atoms with Crippen LogP contribution >= 0.6 is 11.6 Å². The Hall–Kier alpha value is -1.84. The Morgan fingerprint density at radius 1 is 1.30 bits per heavy atom. The third-order valence-corrected chi connectivity index (χ3v) is 5.90. The highest BCUT2D eigenvalue weighted by Gasteiger charge is 2.46. The molecule has 3 amide bonds. The Labute approximate surface area is 138 Å². The van der Waals surface area contributed by atoms with Crippen LogP contribution in [0.4, 0.5) is 4.79 Å². The number of nitrogens with one attached hydrogen (secondary N) is 1. The summed E-state index contributed by atoms with van der Waals surface area (Å²) in [5.74, 6) is -0.162. The normalized spacial score (nSPS) is 19.7. The Kier molecular flexibility index (Phi) is 3.95. The van der Waals surface area contributed by atoms with E-state index in [1.807, 2.05) is 0 Å². The van der Waals surface area contributed by atoms with E-state index in [2.05, 4.69) is 5.32 Å². The van der Waals surface area contributed by atoms with Crippen molar-refractivity contribution in [2.75, 3.05) is 26.7 Å². The van der Waals surface area contributed by atoms with Gasteiger partial charge in [0.2, 0.25) is 15.9 Å². The summed E-state index contributed by atoms with van der Waals surface area (Å²) >= 11 is 5.87. The van der Waals surface area contributed by atoms with Crippen LogP contribution in [0.25, 0.3) is 0 Å². The smallest absolute Gasteiger partial charge is 0.324 e. The topological polar surface area (TPSA) is 96.0 Å². The molecule has 23 heavy (non-hydrogen) atoms. The van der Waals surface area contributed by atoms with Crippen LogP contribution in [0.5, 0.6) is 5.75 Å². The van der Waals surface area contributed by atoms with Gasteiger partial charge in [-0.1, -0.05) is 11.6 Å². The lowest BCUT2D eigenvalue weighted by Crippen LogP contribution is -2.62. The van der Waals surface area contributed by atoms with Gasteiger partial charge in [0.15, 0.2) is 0 Å². The van der Waals surface area contributed by atoms with Gasteiger partial charge >= 0.3 is 6.03 Å². The van der Waals surface area contributed by atoms with E-state index >= 15 is 0 Å². The first kappa shape index (κ1) is 16.0. The fourth-order valence-corrected chi connectivity index (χ4v) is 4.50. The SMILES string of the molecule is COc1ccc(Cl)cc1S(=O)(=O)N1CC(N2C(=O)CNC2=O)C1. The fraction of sp³-hybridized carbons (Fsp3) is 0.385. The molecule has 0 bridgehead atoms. The van der Waals surface area contributed by atoms with Gasteiger partial charge in [-0.25, -0.2) is 13.2 Å². The molecule has 124 valence electrons. The van der Waals surface area contributed by atoms with E-state index in [0.717, 1.165) is 4.90 Å². The molecule has 1 N–H and O–H groups in total. The molecule has 0 unspecified atom stereocenters. The van der Waals surface area contributed by atoms with Crippen LogP contribution in [0, 0.1) is 0 Å². The molecule has 3 rings (SSSR count). The van der Waals surface area contributed by atoms with Crippen molar-refractivity contribution in [2.24, 2.45) is 0 Å². The standard InChI is InChI=1S/C13H14ClN3O5S/c1-22-10-3-2-8(14)4-11(10)23(20,21)16-6-9(7-16)17-12(18)5-15-13(17)19/h2-4,9H,5-7H2,1H3,(H,15,19). The van der Waals surface area contributed by atoms with E-state index in [1.54, 1.807) is 0 Å². The summed E-state index contributed by atoms with van der Waals surface area (Å²) < 4.78 is 31.6. The number of hydrogen-bond acceptors (Lipinski definition) is 5. The fourth-order valence-electron chi connectivity index (χ4n) is 2.57. The van der Waals surface area contributed by atoms with Gasteiger partial charge in [0.05, 0.1) is 19.7 Å². The summed E-state index contributed by atoms with van der Waals surface area (Å²) in [7, 11) is -2.44. The summed E-state index contributed by atoms with van der Waals surface area (Å²) in [4.78, 5) is 24.2. The van der Waals surface area contributed by atoms with E-state index < -0.39 is 22.1 Å². The number of ether oxygens (including phenoxy) is 1. The summed E-state index contributed by atoms with van der Waals surface area (Å²) in [6, 6.07) is 3.38. The molecule has 0 radical (unpaired) electrons. The number of carbonyl (C=O) groups excluding carboxylic acids is 2. The highest BCUT2D eigenvalue weighted by atomic mass is 35.5. The number of imide groups is 1. The molecular weight excluding hydrogens is 346 g/mol. The second kappa shape index (κ2) is 5.66. The quantitative estimate of drug-likeness (QED) is 0.779. The second-order valence-corrected chi connectivity index (χ2v) is 7.54. The first-order valence-electron chi connectivity index (χ1n) is 6.78. The molecule has 2 aliphatic rings. The molecule has 2 saturated heterocycles. The Morgan fingerprint density at radius 3 is 2.57 bits per heavy atom. The average Bonchev–Trinajstić information content (AvgIpc) is 2.78. The third-order valence-electron chi connectivity index (χ3n) is 3.82. The van der Waals surface area contributed by atoms with Gasteiger partial charge in [-0.3, -0.25) is 9.69 Å². The van der Waals surface area contributed by atoms with Crippen molar-refractivity contribution >= 4 is 33.6 Å². The third kappa shape index (κ3) is 2.64.